The molecule has 0 bridgehead atoms. The molecule has 0 radical (unpaired) electrons. The number of thiol groups is 1. The zero-order valence-electron chi connectivity index (χ0n) is 18.3. The quantitative estimate of drug-likeness (QED) is 0.246. The molecule has 0 aromatic heterocycles. The van der Waals surface area contributed by atoms with Crippen LogP contribution in [-0.2, 0) is 30.8 Å². The lowest BCUT2D eigenvalue weighted by molar-refractivity contribution is -0.141. The molecule has 0 spiro atoms. The topological polar surface area (TPSA) is 110 Å². The van der Waals surface area contributed by atoms with Gasteiger partial charge < -0.3 is 9.84 Å². The Morgan fingerprint density at radius 2 is 1.97 bits per heavy atom. The van der Waals surface area contributed by atoms with Crippen molar-refractivity contribution >= 4 is 52.3 Å². The van der Waals surface area contributed by atoms with Gasteiger partial charge in [-0.25, -0.2) is 8.42 Å². The number of esters is 1. The minimum absolute atomic E-state index is 0.101. The summed E-state index contributed by atoms with van der Waals surface area (Å²) < 4.78 is 32.3. The van der Waals surface area contributed by atoms with Crippen LogP contribution in [0.2, 0.25) is 5.02 Å². The highest BCUT2D eigenvalue weighted by molar-refractivity contribution is 8.09. The summed E-state index contributed by atoms with van der Waals surface area (Å²) in [5, 5.41) is 10.4. The molecule has 0 aliphatic heterocycles. The minimum atomic E-state index is -4.18. The maximum Gasteiger partial charge on any atom is 0.325 e. The molecule has 3 rings (SSSR count). The summed E-state index contributed by atoms with van der Waals surface area (Å²) in [5.41, 5.74) is 0.656. The van der Waals surface area contributed by atoms with Crippen molar-refractivity contribution in [2.24, 2.45) is 0 Å². The fraction of sp³-hybridized carbons (Fsp3) is 0.250. The van der Waals surface area contributed by atoms with Crippen molar-refractivity contribution in [3.8, 4) is 0 Å². The molecule has 0 saturated heterocycles. The first-order valence-electron chi connectivity index (χ1n) is 10.3. The van der Waals surface area contributed by atoms with Crippen LogP contribution in [0.1, 0.15) is 35.4 Å². The normalized spacial score (nSPS) is 20.3. The second-order valence-electron chi connectivity index (χ2n) is 7.88. The van der Waals surface area contributed by atoms with Gasteiger partial charge in [0, 0.05) is 17.4 Å². The summed E-state index contributed by atoms with van der Waals surface area (Å²) in [6.07, 6.45) is 5.19. The van der Waals surface area contributed by atoms with E-state index in [0.29, 0.717) is 17.0 Å². The zero-order valence-corrected chi connectivity index (χ0v) is 20.7. The average Bonchev–Trinajstić information content (AvgIpc) is 3.53. The van der Waals surface area contributed by atoms with Gasteiger partial charge >= 0.3 is 11.9 Å². The largest absolute Gasteiger partial charge is 0.480 e. The van der Waals surface area contributed by atoms with Crippen LogP contribution in [-0.4, -0.2) is 38.1 Å². The Labute approximate surface area is 208 Å². The Kier molecular flexibility index (Phi) is 8.25. The van der Waals surface area contributed by atoms with Gasteiger partial charge in [0.25, 0.3) is 0 Å². The monoisotopic (exact) mass is 521 g/mol. The number of allylic oxidation sites excluding steroid dienone is 2. The third-order valence-corrected chi connectivity index (χ3v) is 7.97. The predicted molar refractivity (Wildman–Crippen MR) is 134 cm³/mol. The number of halogens is 1. The smallest absolute Gasteiger partial charge is 0.325 e. The van der Waals surface area contributed by atoms with Crippen LogP contribution in [0, 0.1) is 0 Å². The fourth-order valence-electron chi connectivity index (χ4n) is 3.57. The molecule has 0 heterocycles. The maximum atomic E-state index is 12.8. The molecule has 10 heteroatoms. The molecule has 2 N–H and O–H groups in total. The molecular formula is C24H24ClNO6S2. The van der Waals surface area contributed by atoms with E-state index in [2.05, 4.69) is 22.1 Å². The first kappa shape index (κ1) is 26.0. The van der Waals surface area contributed by atoms with E-state index in [9.17, 15) is 23.1 Å². The summed E-state index contributed by atoms with van der Waals surface area (Å²) in [6, 6.07) is 14.1. The highest BCUT2D eigenvalue weighted by Gasteiger charge is 2.63. The molecule has 1 saturated carbocycles. The van der Waals surface area contributed by atoms with E-state index in [4.69, 9.17) is 11.6 Å². The number of aryl methyl sites for hydroxylation is 1. The Hall–Kier alpha value is -2.59. The number of sulfonamides is 1. The van der Waals surface area contributed by atoms with E-state index in [-0.39, 0.29) is 23.0 Å². The standard InChI is InChI=1S/C24H24ClNO6S2/c1-32-21(27)13-10-17-5-2-6-18(14-17)20-15-24(20,23(28)29)26-34(30,31)22(33)7-3-4-16-8-11-19(25)12-9-16/h2-9,11-12,14,20,26,33H,10,13,15H2,1H3,(H,28,29)/b4-3+,22-7+. The van der Waals surface area contributed by atoms with Crippen LogP contribution < -0.4 is 4.72 Å². The van der Waals surface area contributed by atoms with Crippen LogP contribution in [0.5, 0.6) is 0 Å². The van der Waals surface area contributed by atoms with Gasteiger partial charge in [-0.3, -0.25) is 9.59 Å². The summed E-state index contributed by atoms with van der Waals surface area (Å²) in [5.74, 6) is -2.16. The summed E-state index contributed by atoms with van der Waals surface area (Å²) in [4.78, 5) is 23.5. The molecule has 1 fully saturated rings. The summed E-state index contributed by atoms with van der Waals surface area (Å²) >= 11 is 9.92. The van der Waals surface area contributed by atoms with Gasteiger partial charge in [-0.1, -0.05) is 60.2 Å². The van der Waals surface area contributed by atoms with Crippen molar-refractivity contribution in [2.45, 2.75) is 30.7 Å². The van der Waals surface area contributed by atoms with Crippen molar-refractivity contribution in [2.75, 3.05) is 7.11 Å². The Morgan fingerprint density at radius 3 is 2.62 bits per heavy atom. The fourth-order valence-corrected chi connectivity index (χ4v) is 5.07. The number of carbonyl (C=O) groups is 2. The molecule has 1 aliphatic carbocycles. The lowest BCUT2D eigenvalue weighted by atomic mass is 10.0. The van der Waals surface area contributed by atoms with Crippen LogP contribution in [0.3, 0.4) is 0 Å². The minimum Gasteiger partial charge on any atom is -0.480 e. The van der Waals surface area contributed by atoms with E-state index in [1.165, 1.54) is 19.3 Å². The van der Waals surface area contributed by atoms with Gasteiger partial charge in [0.05, 0.1) is 7.11 Å². The number of rotatable bonds is 10. The van der Waals surface area contributed by atoms with E-state index >= 15 is 0 Å². The number of hydrogen-bond acceptors (Lipinski definition) is 6. The third-order valence-electron chi connectivity index (χ3n) is 5.53. The van der Waals surface area contributed by atoms with Gasteiger partial charge in [-0.2, -0.15) is 4.72 Å². The summed E-state index contributed by atoms with van der Waals surface area (Å²) in [6.45, 7) is 0. The molecule has 2 aromatic rings. The van der Waals surface area contributed by atoms with Gasteiger partial charge in [-0.15, -0.1) is 12.6 Å². The number of nitrogens with one attached hydrogen (secondary N) is 1. The van der Waals surface area contributed by atoms with Crippen molar-refractivity contribution in [1.82, 2.24) is 4.72 Å². The van der Waals surface area contributed by atoms with Crippen molar-refractivity contribution < 1.29 is 27.9 Å². The predicted octanol–water partition coefficient (Wildman–Crippen LogP) is 4.16. The van der Waals surface area contributed by atoms with Crippen molar-refractivity contribution in [3.05, 3.63) is 86.6 Å². The third kappa shape index (κ3) is 6.29. The van der Waals surface area contributed by atoms with E-state index in [1.807, 2.05) is 6.07 Å². The maximum absolute atomic E-state index is 12.8. The second kappa shape index (κ2) is 10.8. The number of methoxy groups -OCH3 is 1. The first-order chi connectivity index (χ1) is 16.1. The Bertz CT molecular complexity index is 1240. The molecule has 180 valence electrons. The molecule has 2 aromatic carbocycles. The highest BCUT2D eigenvalue weighted by atomic mass is 35.5. The van der Waals surface area contributed by atoms with Gasteiger partial charge in [0.2, 0.25) is 10.0 Å². The molecular weight excluding hydrogens is 498 g/mol. The molecule has 7 nitrogen and oxygen atoms in total. The van der Waals surface area contributed by atoms with Gasteiger partial charge in [0.15, 0.2) is 0 Å². The van der Waals surface area contributed by atoms with E-state index < -0.39 is 27.4 Å². The van der Waals surface area contributed by atoms with Crippen LogP contribution in [0.25, 0.3) is 6.08 Å². The highest BCUT2D eigenvalue weighted by Crippen LogP contribution is 2.52. The number of ether oxygens (including phenoxy) is 1. The van der Waals surface area contributed by atoms with Crippen LogP contribution >= 0.6 is 24.2 Å². The summed E-state index contributed by atoms with van der Waals surface area (Å²) in [7, 11) is -2.86. The van der Waals surface area contributed by atoms with Crippen LogP contribution in [0.15, 0.2) is 64.9 Å². The second-order valence-corrected chi connectivity index (χ2v) is 10.7. The Morgan fingerprint density at radius 1 is 1.26 bits per heavy atom. The number of aliphatic carboxylic acids is 1. The lowest BCUT2D eigenvalue weighted by Gasteiger charge is -2.15. The number of hydrogen-bond donors (Lipinski definition) is 3. The molecule has 1 aliphatic rings. The SMILES string of the molecule is COC(=O)CCc1cccc(C2CC2(NS(=O)(=O)/C(S)=C/C=C/c2ccc(Cl)cc2)C(=O)O)c1. The number of carboxylic acids is 1. The molecule has 2 atom stereocenters. The van der Waals surface area contributed by atoms with E-state index in [0.717, 1.165) is 11.1 Å². The zero-order chi connectivity index (χ0) is 24.9. The van der Waals surface area contributed by atoms with Gasteiger partial charge in [0.1, 0.15) is 9.78 Å². The molecule has 0 amide bonds. The van der Waals surface area contributed by atoms with Gasteiger partial charge in [-0.05, 0) is 47.7 Å². The van der Waals surface area contributed by atoms with E-state index in [1.54, 1.807) is 48.5 Å². The Balaban J connectivity index is 1.74. The molecule has 2 unspecified atom stereocenters. The molecule has 34 heavy (non-hydrogen) atoms. The number of carboxylic acid groups (broad SMARTS) is 1. The van der Waals surface area contributed by atoms with Crippen LogP contribution in [0.4, 0.5) is 0 Å². The van der Waals surface area contributed by atoms with Crippen molar-refractivity contribution in [1.29, 1.82) is 0 Å². The first-order valence-corrected chi connectivity index (χ1v) is 12.6. The van der Waals surface area contributed by atoms with Crippen molar-refractivity contribution in [3.63, 3.8) is 0 Å². The number of benzene rings is 2. The number of carbonyl (C=O) groups excluding carboxylic acids is 1. The lowest BCUT2D eigenvalue weighted by Crippen LogP contribution is -2.44. The average molecular weight is 522 g/mol.